The molecule has 1 N–H and O–H groups in total. The molecule has 2 aromatic heterocycles. The molecule has 4 rings (SSSR count). The van der Waals surface area contributed by atoms with E-state index in [4.69, 9.17) is 25.9 Å². The third kappa shape index (κ3) is 3.77. The Morgan fingerprint density at radius 3 is 2.34 bits per heavy atom. The molecule has 0 spiro atoms. The van der Waals surface area contributed by atoms with Crippen molar-refractivity contribution in [1.29, 1.82) is 0 Å². The third-order valence-electron chi connectivity index (χ3n) is 4.41. The number of amides is 2. The second-order valence-electron chi connectivity index (χ2n) is 6.35. The van der Waals surface area contributed by atoms with E-state index in [0.717, 1.165) is 12.4 Å². The predicted octanol–water partition coefficient (Wildman–Crippen LogP) is 2.06. The number of benzene rings is 1. The fourth-order valence-corrected chi connectivity index (χ4v) is 2.85. The van der Waals surface area contributed by atoms with Gasteiger partial charge in [-0.1, -0.05) is 17.6 Å². The molecule has 1 saturated heterocycles. The molecule has 0 unspecified atom stereocenters. The first-order chi connectivity index (χ1) is 20.1. The van der Waals surface area contributed by atoms with E-state index in [2.05, 4.69) is 9.97 Å². The van der Waals surface area contributed by atoms with Crippen LogP contribution in [0.25, 0.3) is 10.9 Å². The molecule has 1 aromatic carbocycles. The van der Waals surface area contributed by atoms with E-state index in [1.165, 1.54) is 21.1 Å². The summed E-state index contributed by atoms with van der Waals surface area (Å²) in [5.74, 6) is -5.66. The number of aromatic nitrogens is 2. The van der Waals surface area contributed by atoms with Crippen molar-refractivity contribution in [3.05, 3.63) is 53.3 Å². The van der Waals surface area contributed by atoms with Crippen LogP contribution in [0.4, 0.5) is 0 Å². The molecule has 3 aromatic rings. The molecule has 32 heavy (non-hydrogen) atoms. The predicted molar refractivity (Wildman–Crippen MR) is 117 cm³/mol. The van der Waals surface area contributed by atoms with E-state index in [1.54, 1.807) is 0 Å². The molecule has 1 aliphatic heterocycles. The number of aromatic amines is 1. The number of H-pyrrole nitrogens is 1. The summed E-state index contributed by atoms with van der Waals surface area (Å²) in [7, 11) is 2.48. The van der Waals surface area contributed by atoms with Gasteiger partial charge in [-0.25, -0.2) is 4.98 Å². The fraction of sp³-hybridized carbons (Fsp3) is 0.304. The molecule has 0 saturated carbocycles. The van der Waals surface area contributed by atoms with Crippen LogP contribution in [0.3, 0.4) is 0 Å². The lowest BCUT2D eigenvalue weighted by Gasteiger charge is -2.34. The van der Waals surface area contributed by atoms with Gasteiger partial charge in [0.05, 0.1) is 47.8 Å². The largest absolute Gasteiger partial charge is 0.494 e. The third-order valence-corrected chi connectivity index (χ3v) is 4.41. The van der Waals surface area contributed by atoms with Crippen molar-refractivity contribution in [3.8, 4) is 11.6 Å². The van der Waals surface area contributed by atoms with Crippen LogP contribution in [0.2, 0.25) is 0 Å². The van der Waals surface area contributed by atoms with Gasteiger partial charge in [-0.3, -0.25) is 14.4 Å². The summed E-state index contributed by atoms with van der Waals surface area (Å²) in [4.78, 5) is 46.3. The van der Waals surface area contributed by atoms with E-state index in [-0.39, 0.29) is 28.1 Å². The lowest BCUT2D eigenvalue weighted by atomic mass is 10.1. The van der Waals surface area contributed by atoms with Crippen molar-refractivity contribution < 1.29 is 40.3 Å². The van der Waals surface area contributed by atoms with Gasteiger partial charge in [-0.15, -0.1) is 0 Å². The average molecular weight is 449 g/mol. The summed E-state index contributed by atoms with van der Waals surface area (Å²) in [5, 5.41) is -0.0821. The van der Waals surface area contributed by atoms with Gasteiger partial charge in [0.25, 0.3) is 17.6 Å². The van der Waals surface area contributed by atoms with E-state index in [1.807, 2.05) is 0 Å². The topological polar surface area (TPSA) is 105 Å². The number of Topliss-reactive ketones (excluding diaryl/α,β-unsaturated/α-hetero) is 1. The quantitative estimate of drug-likeness (QED) is 0.473. The van der Waals surface area contributed by atoms with Gasteiger partial charge in [0, 0.05) is 37.7 Å². The molecule has 3 heterocycles. The number of carbonyl (C=O) groups is 3. The van der Waals surface area contributed by atoms with Gasteiger partial charge in [0.1, 0.15) is 11.3 Å². The van der Waals surface area contributed by atoms with Crippen LogP contribution >= 0.6 is 0 Å². The minimum atomic E-state index is -3.97. The number of nitrogens with one attached hydrogen (secondary N) is 1. The van der Waals surface area contributed by atoms with Crippen LogP contribution in [-0.4, -0.2) is 77.6 Å². The second kappa shape index (κ2) is 8.70. The monoisotopic (exact) mass is 448 g/mol. The Labute approximate surface area is 201 Å². The van der Waals surface area contributed by atoms with Crippen molar-refractivity contribution in [2.24, 2.45) is 0 Å². The first-order valence-corrected chi connectivity index (χ1v) is 9.03. The highest BCUT2D eigenvalue weighted by atomic mass is 16.5. The highest BCUT2D eigenvalue weighted by Gasteiger charge is 2.31. The number of ether oxygens (including phenoxy) is 2. The molecular weight excluding hydrogens is 412 g/mol. The summed E-state index contributed by atoms with van der Waals surface area (Å²) < 4.78 is 111. The Morgan fingerprint density at radius 1 is 1.06 bits per heavy atom. The van der Waals surface area contributed by atoms with E-state index in [0.29, 0.717) is 0 Å². The fourth-order valence-electron chi connectivity index (χ4n) is 2.85. The maximum atomic E-state index is 13.6. The minimum absolute atomic E-state index is 0.0388. The number of nitrogens with zero attached hydrogens (tertiary/aromatic N) is 3. The van der Waals surface area contributed by atoms with Crippen molar-refractivity contribution >= 4 is 28.5 Å². The summed E-state index contributed by atoms with van der Waals surface area (Å²) in [6, 6.07) is -3.45. The Hall–Kier alpha value is -3.88. The molecule has 0 radical (unpaired) electrons. The van der Waals surface area contributed by atoms with Gasteiger partial charge >= 0.3 is 0 Å². The number of hydrogen-bond acceptors (Lipinski definition) is 6. The van der Waals surface area contributed by atoms with Crippen LogP contribution in [0.15, 0.2) is 36.6 Å². The first kappa shape index (κ1) is 11.1. The second-order valence-corrected chi connectivity index (χ2v) is 6.35. The highest BCUT2D eigenvalue weighted by Crippen LogP contribution is 2.33. The molecule has 166 valence electrons. The standard InChI is InChI=1S/C23H24N4O5/c1-14-4-6-15(7-5-14)22(29)26-8-10-27(11-9-26)23(30)20(28)16-12-24-19-18(16)17(31-2)13-25-21(19)32-3/h4-7,12-13,24H,8-11H2,1-3H3/i4D,5D,6D,7D,8D2,9D2,10D2,11D2. The summed E-state index contributed by atoms with van der Waals surface area (Å²) in [5.41, 5.74) is -1.79. The normalized spacial score (nSPS) is 25.6. The van der Waals surface area contributed by atoms with Gasteiger partial charge < -0.3 is 24.3 Å². The Morgan fingerprint density at radius 2 is 1.72 bits per heavy atom. The number of carbonyl (C=O) groups excluding carboxylic acids is 3. The Balaban J connectivity index is 1.90. The number of pyridine rings is 1. The first-order valence-electron chi connectivity index (χ1n) is 15.0. The minimum Gasteiger partial charge on any atom is -0.494 e. The van der Waals surface area contributed by atoms with Crippen molar-refractivity contribution in [1.82, 2.24) is 19.8 Å². The summed E-state index contributed by atoms with van der Waals surface area (Å²) in [6.45, 7) is -14.7. The average Bonchev–Trinajstić information content (AvgIpc) is 3.38. The maximum absolute atomic E-state index is 13.6. The van der Waals surface area contributed by atoms with Crippen molar-refractivity contribution in [3.63, 3.8) is 0 Å². The van der Waals surface area contributed by atoms with Crippen LogP contribution in [-0.2, 0) is 4.79 Å². The van der Waals surface area contributed by atoms with Crippen LogP contribution in [0, 0.1) is 6.92 Å². The number of fused-ring (bicyclic) bond motifs is 1. The number of ketones is 1. The molecule has 1 fully saturated rings. The zero-order valence-electron chi connectivity index (χ0n) is 29.0. The highest BCUT2D eigenvalue weighted by molar-refractivity contribution is 6.45. The lowest BCUT2D eigenvalue weighted by Crippen LogP contribution is -2.52. The molecule has 9 heteroatoms. The summed E-state index contributed by atoms with van der Waals surface area (Å²) in [6.07, 6.45) is 2.14. The smallest absolute Gasteiger partial charge is 0.295 e. The molecule has 0 aliphatic carbocycles. The van der Waals surface area contributed by atoms with Gasteiger partial charge in [0.2, 0.25) is 5.88 Å². The van der Waals surface area contributed by atoms with Crippen molar-refractivity contribution in [2.75, 3.05) is 40.2 Å². The molecule has 2 amide bonds. The Kier molecular flexibility index (Phi) is 3.02. The summed E-state index contributed by atoms with van der Waals surface area (Å²) >= 11 is 0. The van der Waals surface area contributed by atoms with Crippen LogP contribution in [0.5, 0.6) is 11.6 Å². The number of rotatable bonds is 5. The molecule has 9 nitrogen and oxygen atoms in total. The Bertz CT molecular complexity index is 1690. The number of hydrogen-bond donors (Lipinski definition) is 1. The zero-order valence-corrected chi connectivity index (χ0v) is 17.0. The van der Waals surface area contributed by atoms with Gasteiger partial charge in [-0.2, -0.15) is 0 Å². The molecule has 0 atom stereocenters. The number of methoxy groups -OCH3 is 2. The van der Waals surface area contributed by atoms with Crippen LogP contribution in [0.1, 0.15) is 42.7 Å². The SMILES string of the molecule is [2H]c1c([2H])c(C(=O)N2C([2H])([2H])C([2H])([2H])N(C(=O)C(=O)c3c[nH]c4c(OC)ncc(OC)c34)C([2H])([2H])C2([2H])[2H])c([2H])c([2H])c1C. The van der Waals surface area contributed by atoms with Gasteiger partial charge in [0.15, 0.2) is 0 Å². The maximum Gasteiger partial charge on any atom is 0.295 e. The van der Waals surface area contributed by atoms with E-state index >= 15 is 0 Å². The number of piperazine rings is 1. The zero-order chi connectivity index (χ0) is 33.5. The van der Waals surface area contributed by atoms with Crippen LogP contribution < -0.4 is 9.47 Å². The van der Waals surface area contributed by atoms with E-state index < -0.39 is 88.7 Å². The van der Waals surface area contributed by atoms with E-state index in [9.17, 15) is 14.4 Å². The molecule has 0 bridgehead atoms. The molecule has 1 aliphatic rings. The molecular formula is C23H24N4O5. The van der Waals surface area contributed by atoms with Gasteiger partial charge in [-0.05, 0) is 19.0 Å². The lowest BCUT2D eigenvalue weighted by molar-refractivity contribution is -0.127. The van der Waals surface area contributed by atoms with Crippen molar-refractivity contribution in [2.45, 2.75) is 6.92 Å².